The maximum Gasteiger partial charge on any atom is 0.262 e. The first-order chi connectivity index (χ1) is 11.7. The van der Waals surface area contributed by atoms with E-state index in [1.807, 2.05) is 0 Å². The van der Waals surface area contributed by atoms with Crippen molar-refractivity contribution in [3.8, 4) is 11.5 Å². The number of phenols is 1. The predicted octanol–water partition coefficient (Wildman–Crippen LogP) is 2.48. The number of carbonyl (C=O) groups excluding carboxylic acids is 1. The lowest BCUT2D eigenvalue weighted by Gasteiger charge is -2.11. The maximum absolute atomic E-state index is 13.4. The van der Waals surface area contributed by atoms with E-state index in [0.29, 0.717) is 6.07 Å². The molecule has 0 atom stereocenters. The van der Waals surface area contributed by atoms with Crippen LogP contribution in [0, 0.1) is 11.6 Å². The van der Waals surface area contributed by atoms with Gasteiger partial charge in [0.05, 0.1) is 16.3 Å². The number of anilines is 1. The summed E-state index contributed by atoms with van der Waals surface area (Å²) in [6.07, 6.45) is 0. The largest absolute Gasteiger partial charge is 0.506 e. The van der Waals surface area contributed by atoms with E-state index in [0.717, 1.165) is 24.3 Å². The molecule has 0 saturated carbocycles. The summed E-state index contributed by atoms with van der Waals surface area (Å²) in [4.78, 5) is 11.8. The van der Waals surface area contributed by atoms with Gasteiger partial charge in [-0.1, -0.05) is 6.92 Å². The fourth-order valence-electron chi connectivity index (χ4n) is 1.90. The molecule has 134 valence electrons. The molecule has 9 heteroatoms. The summed E-state index contributed by atoms with van der Waals surface area (Å²) >= 11 is 0. The van der Waals surface area contributed by atoms with E-state index in [2.05, 4.69) is 5.32 Å². The SMILES string of the molecule is CCS(=O)(=O)c1ccc(O)c(NC(=O)COc2ccc(F)cc2F)c1. The van der Waals surface area contributed by atoms with Crippen molar-refractivity contribution >= 4 is 21.4 Å². The standard InChI is InChI=1S/C16H15F2NO5S/c1-2-25(22,23)11-4-5-14(20)13(8-11)19-16(21)9-24-15-6-3-10(17)7-12(15)18/h3-8,20H,2,9H2,1H3,(H,19,21). The smallest absolute Gasteiger partial charge is 0.262 e. The number of nitrogens with one attached hydrogen (secondary N) is 1. The quantitative estimate of drug-likeness (QED) is 0.761. The Labute approximate surface area is 143 Å². The number of hydrogen-bond acceptors (Lipinski definition) is 5. The Morgan fingerprint density at radius 1 is 1.20 bits per heavy atom. The van der Waals surface area contributed by atoms with Crippen LogP contribution in [-0.4, -0.2) is 31.8 Å². The van der Waals surface area contributed by atoms with Crippen molar-refractivity contribution in [1.29, 1.82) is 0 Å². The topological polar surface area (TPSA) is 92.7 Å². The molecule has 25 heavy (non-hydrogen) atoms. The molecule has 0 saturated heterocycles. The van der Waals surface area contributed by atoms with Crippen molar-refractivity contribution < 1.29 is 31.8 Å². The van der Waals surface area contributed by atoms with Crippen LogP contribution in [-0.2, 0) is 14.6 Å². The van der Waals surface area contributed by atoms with Crippen LogP contribution in [0.2, 0.25) is 0 Å². The zero-order valence-electron chi connectivity index (χ0n) is 13.1. The zero-order valence-corrected chi connectivity index (χ0v) is 13.9. The average Bonchev–Trinajstić information content (AvgIpc) is 2.56. The van der Waals surface area contributed by atoms with Gasteiger partial charge in [-0.25, -0.2) is 17.2 Å². The number of ether oxygens (including phenoxy) is 1. The summed E-state index contributed by atoms with van der Waals surface area (Å²) < 4.78 is 54.8. The molecule has 0 radical (unpaired) electrons. The van der Waals surface area contributed by atoms with Crippen LogP contribution in [0.25, 0.3) is 0 Å². The molecule has 0 bridgehead atoms. The number of halogens is 2. The summed E-state index contributed by atoms with van der Waals surface area (Å²) in [6.45, 7) is 0.846. The van der Waals surface area contributed by atoms with Crippen LogP contribution in [0.1, 0.15) is 6.92 Å². The van der Waals surface area contributed by atoms with Gasteiger partial charge in [0.15, 0.2) is 28.0 Å². The second-order valence-electron chi connectivity index (χ2n) is 4.99. The van der Waals surface area contributed by atoms with Gasteiger partial charge in [-0.15, -0.1) is 0 Å². The van der Waals surface area contributed by atoms with E-state index in [9.17, 15) is 27.1 Å². The third-order valence-corrected chi connectivity index (χ3v) is 4.97. The fraction of sp³-hybridized carbons (Fsp3) is 0.188. The van der Waals surface area contributed by atoms with Crippen molar-refractivity contribution in [3.05, 3.63) is 48.0 Å². The second-order valence-corrected chi connectivity index (χ2v) is 7.27. The van der Waals surface area contributed by atoms with Crippen molar-refractivity contribution in [2.24, 2.45) is 0 Å². The lowest BCUT2D eigenvalue weighted by molar-refractivity contribution is -0.118. The van der Waals surface area contributed by atoms with Gasteiger partial charge in [0.25, 0.3) is 5.91 Å². The molecule has 0 aliphatic carbocycles. The molecular weight excluding hydrogens is 356 g/mol. The summed E-state index contributed by atoms with van der Waals surface area (Å²) in [6, 6.07) is 6.08. The second kappa shape index (κ2) is 7.47. The molecule has 2 rings (SSSR count). The number of rotatable bonds is 6. The Balaban J connectivity index is 2.09. The normalized spacial score (nSPS) is 11.2. The highest BCUT2D eigenvalue weighted by Crippen LogP contribution is 2.27. The minimum Gasteiger partial charge on any atom is -0.506 e. The van der Waals surface area contributed by atoms with Crippen molar-refractivity contribution in [2.75, 3.05) is 17.7 Å². The van der Waals surface area contributed by atoms with Gasteiger partial charge in [-0.05, 0) is 30.3 Å². The summed E-state index contributed by atoms with van der Waals surface area (Å²) in [5.74, 6) is -3.30. The molecule has 2 aromatic carbocycles. The van der Waals surface area contributed by atoms with Gasteiger partial charge in [-0.2, -0.15) is 0 Å². The van der Waals surface area contributed by atoms with Crippen molar-refractivity contribution in [3.63, 3.8) is 0 Å². The van der Waals surface area contributed by atoms with Gasteiger partial charge >= 0.3 is 0 Å². The van der Waals surface area contributed by atoms with Gasteiger partial charge in [0.1, 0.15) is 11.6 Å². The number of carbonyl (C=O) groups is 1. The van der Waals surface area contributed by atoms with Crippen LogP contribution in [0.3, 0.4) is 0 Å². The average molecular weight is 371 g/mol. The predicted molar refractivity (Wildman–Crippen MR) is 86.3 cm³/mol. The first-order valence-corrected chi connectivity index (χ1v) is 8.81. The third-order valence-electron chi connectivity index (χ3n) is 3.23. The van der Waals surface area contributed by atoms with Crippen molar-refractivity contribution in [2.45, 2.75) is 11.8 Å². The van der Waals surface area contributed by atoms with Gasteiger partial charge < -0.3 is 15.2 Å². The summed E-state index contributed by atoms with van der Waals surface area (Å²) in [7, 11) is -3.52. The van der Waals surface area contributed by atoms with Crippen LogP contribution in [0.5, 0.6) is 11.5 Å². The van der Waals surface area contributed by atoms with Gasteiger partial charge in [0, 0.05) is 6.07 Å². The molecule has 0 spiro atoms. The van der Waals surface area contributed by atoms with Crippen LogP contribution in [0.15, 0.2) is 41.3 Å². The molecule has 0 fully saturated rings. The molecular formula is C16H15F2NO5S. The number of hydrogen-bond donors (Lipinski definition) is 2. The van der Waals surface area contributed by atoms with E-state index in [-0.39, 0.29) is 27.8 Å². The first-order valence-electron chi connectivity index (χ1n) is 7.16. The minimum atomic E-state index is -3.52. The molecule has 2 N–H and O–H groups in total. The first kappa shape index (κ1) is 18.7. The van der Waals surface area contributed by atoms with Crippen molar-refractivity contribution in [1.82, 2.24) is 0 Å². The number of benzene rings is 2. The highest BCUT2D eigenvalue weighted by Gasteiger charge is 2.16. The van der Waals surface area contributed by atoms with E-state index in [1.54, 1.807) is 0 Å². The van der Waals surface area contributed by atoms with E-state index >= 15 is 0 Å². The maximum atomic E-state index is 13.4. The molecule has 0 unspecified atom stereocenters. The molecule has 0 aliphatic heterocycles. The molecule has 2 aromatic rings. The monoisotopic (exact) mass is 371 g/mol. The summed E-state index contributed by atoms with van der Waals surface area (Å²) in [5, 5.41) is 12.0. The highest BCUT2D eigenvalue weighted by atomic mass is 32.2. The van der Waals surface area contributed by atoms with E-state index in [4.69, 9.17) is 4.74 Å². The Kier molecular flexibility index (Phi) is 5.58. The number of amides is 1. The molecule has 0 aromatic heterocycles. The minimum absolute atomic E-state index is 0.0615. The Hall–Kier alpha value is -2.68. The number of aromatic hydroxyl groups is 1. The van der Waals surface area contributed by atoms with Crippen LogP contribution < -0.4 is 10.1 Å². The zero-order chi connectivity index (χ0) is 18.6. The Morgan fingerprint density at radius 2 is 1.92 bits per heavy atom. The Morgan fingerprint density at radius 3 is 2.56 bits per heavy atom. The molecule has 0 heterocycles. The molecule has 1 amide bonds. The lowest BCUT2D eigenvalue weighted by Crippen LogP contribution is -2.20. The fourth-order valence-corrected chi connectivity index (χ4v) is 2.80. The Bertz CT molecular complexity index is 899. The lowest BCUT2D eigenvalue weighted by atomic mass is 10.3. The van der Waals surface area contributed by atoms with Crippen LogP contribution in [0.4, 0.5) is 14.5 Å². The number of phenolic OH excluding ortho intramolecular Hbond substituents is 1. The third kappa shape index (κ3) is 4.66. The van der Waals surface area contributed by atoms with Gasteiger partial charge in [-0.3, -0.25) is 4.79 Å². The van der Waals surface area contributed by atoms with Crippen LogP contribution >= 0.6 is 0 Å². The summed E-state index contributed by atoms with van der Waals surface area (Å²) in [5.41, 5.74) is -0.122. The molecule has 0 aliphatic rings. The number of sulfone groups is 1. The van der Waals surface area contributed by atoms with Gasteiger partial charge in [0.2, 0.25) is 0 Å². The van der Waals surface area contributed by atoms with E-state index < -0.39 is 34.0 Å². The van der Waals surface area contributed by atoms with E-state index in [1.165, 1.54) is 13.0 Å². The highest BCUT2D eigenvalue weighted by molar-refractivity contribution is 7.91. The molecule has 6 nitrogen and oxygen atoms in total.